The summed E-state index contributed by atoms with van der Waals surface area (Å²) in [5.74, 6) is 0.267. The quantitative estimate of drug-likeness (QED) is 0.750. The van der Waals surface area contributed by atoms with Crippen molar-refractivity contribution in [1.29, 1.82) is 0 Å². The summed E-state index contributed by atoms with van der Waals surface area (Å²) in [6.07, 6.45) is 7.54. The Kier molecular flexibility index (Phi) is 4.80. The van der Waals surface area contributed by atoms with Gasteiger partial charge >= 0.3 is 0 Å². The highest BCUT2D eigenvalue weighted by Gasteiger charge is 2.32. The molecule has 1 atom stereocenters. The zero-order valence-electron chi connectivity index (χ0n) is 10.5. The van der Waals surface area contributed by atoms with E-state index in [0.29, 0.717) is 12.5 Å². The van der Waals surface area contributed by atoms with Gasteiger partial charge in [0, 0.05) is 19.2 Å². The van der Waals surface area contributed by atoms with E-state index in [1.165, 1.54) is 12.8 Å². The average Bonchev–Trinajstić information content (AvgIpc) is 2.32. The monoisotopic (exact) mass is 240 g/mol. The van der Waals surface area contributed by atoms with Gasteiger partial charge in [0.2, 0.25) is 5.91 Å². The van der Waals surface area contributed by atoms with Crippen molar-refractivity contribution in [3.63, 3.8) is 0 Å². The maximum atomic E-state index is 12.4. The third kappa shape index (κ3) is 3.19. The first-order valence-corrected chi connectivity index (χ1v) is 6.97. The number of piperidine rings is 1. The van der Waals surface area contributed by atoms with Crippen molar-refractivity contribution in [2.75, 3.05) is 19.7 Å². The van der Waals surface area contributed by atoms with Crippen LogP contribution in [0.25, 0.3) is 0 Å². The molecule has 0 spiro atoms. The molecule has 0 aromatic rings. The minimum Gasteiger partial charge on any atom is -0.396 e. The molecule has 17 heavy (non-hydrogen) atoms. The van der Waals surface area contributed by atoms with Gasteiger partial charge in [-0.3, -0.25) is 4.79 Å². The molecule has 2 N–H and O–H groups in total. The largest absolute Gasteiger partial charge is 0.396 e. The second-order valence-electron chi connectivity index (χ2n) is 5.20. The Morgan fingerprint density at radius 3 is 2.59 bits per heavy atom. The molecule has 2 rings (SSSR count). The Bertz CT molecular complexity index is 248. The predicted octanol–water partition coefficient (Wildman–Crippen LogP) is 0.892. The lowest BCUT2D eigenvalue weighted by Crippen LogP contribution is -2.53. The van der Waals surface area contributed by atoms with E-state index in [2.05, 4.69) is 5.32 Å². The van der Waals surface area contributed by atoms with Crippen molar-refractivity contribution in [1.82, 2.24) is 10.2 Å². The summed E-state index contributed by atoms with van der Waals surface area (Å²) in [6.45, 7) is 1.86. The maximum absolute atomic E-state index is 12.4. The smallest absolute Gasteiger partial charge is 0.239 e. The molecule has 1 saturated carbocycles. The molecule has 0 aromatic carbocycles. The van der Waals surface area contributed by atoms with Crippen LogP contribution in [0.3, 0.4) is 0 Å². The van der Waals surface area contributed by atoms with E-state index in [-0.39, 0.29) is 18.6 Å². The van der Waals surface area contributed by atoms with Gasteiger partial charge in [-0.2, -0.15) is 0 Å². The van der Waals surface area contributed by atoms with Crippen LogP contribution in [-0.4, -0.2) is 47.7 Å². The minimum absolute atomic E-state index is 0.0306. The van der Waals surface area contributed by atoms with E-state index in [4.69, 9.17) is 5.11 Å². The number of hydrogen-bond acceptors (Lipinski definition) is 3. The molecular weight excluding hydrogens is 216 g/mol. The van der Waals surface area contributed by atoms with Gasteiger partial charge in [-0.1, -0.05) is 6.42 Å². The fourth-order valence-electron chi connectivity index (χ4n) is 2.67. The van der Waals surface area contributed by atoms with Gasteiger partial charge in [0.05, 0.1) is 6.04 Å². The first kappa shape index (κ1) is 12.8. The molecule has 1 heterocycles. The zero-order valence-corrected chi connectivity index (χ0v) is 10.5. The Morgan fingerprint density at radius 1 is 1.24 bits per heavy atom. The molecule has 1 aliphatic carbocycles. The number of carbonyl (C=O) groups excluding carboxylic acids is 1. The summed E-state index contributed by atoms with van der Waals surface area (Å²) in [5.41, 5.74) is 0. The molecule has 2 aliphatic rings. The first-order valence-electron chi connectivity index (χ1n) is 6.97. The van der Waals surface area contributed by atoms with Crippen molar-refractivity contribution in [2.24, 2.45) is 0 Å². The lowest BCUT2D eigenvalue weighted by molar-refractivity contribution is -0.138. The second-order valence-corrected chi connectivity index (χ2v) is 5.20. The standard InChI is InChI=1S/C13H24N2O2/c16-10-4-9-15(11-5-3-6-11)13(17)12-7-1-2-8-14-12/h11-12,14,16H,1-10H2. The number of nitrogens with zero attached hydrogens (tertiary/aromatic N) is 1. The van der Waals surface area contributed by atoms with Gasteiger partial charge in [0.25, 0.3) is 0 Å². The number of hydrogen-bond donors (Lipinski definition) is 2. The molecule has 0 aromatic heterocycles. The summed E-state index contributed by atoms with van der Waals surface area (Å²) < 4.78 is 0. The van der Waals surface area contributed by atoms with E-state index in [0.717, 1.165) is 38.8 Å². The molecule has 0 radical (unpaired) electrons. The van der Waals surface area contributed by atoms with Gasteiger partial charge in [0.15, 0.2) is 0 Å². The number of rotatable bonds is 5. The van der Waals surface area contributed by atoms with E-state index < -0.39 is 0 Å². The van der Waals surface area contributed by atoms with Crippen molar-refractivity contribution in [3.8, 4) is 0 Å². The van der Waals surface area contributed by atoms with Gasteiger partial charge in [-0.25, -0.2) is 0 Å². The molecular formula is C13H24N2O2. The van der Waals surface area contributed by atoms with Crippen LogP contribution in [0.1, 0.15) is 44.9 Å². The minimum atomic E-state index is 0.0306. The Hall–Kier alpha value is -0.610. The number of amides is 1. The van der Waals surface area contributed by atoms with Gasteiger partial charge in [0.1, 0.15) is 0 Å². The van der Waals surface area contributed by atoms with Crippen LogP contribution < -0.4 is 5.32 Å². The van der Waals surface area contributed by atoms with Crippen LogP contribution in [0.5, 0.6) is 0 Å². The van der Waals surface area contributed by atoms with Gasteiger partial charge in [-0.05, 0) is 45.1 Å². The maximum Gasteiger partial charge on any atom is 0.239 e. The SMILES string of the molecule is O=C(C1CCCCN1)N(CCCO)C1CCC1. The molecule has 1 amide bonds. The van der Waals surface area contributed by atoms with Gasteiger partial charge < -0.3 is 15.3 Å². The summed E-state index contributed by atoms with van der Waals surface area (Å²) in [6, 6.07) is 0.473. The Labute approximate surface area is 103 Å². The molecule has 1 unspecified atom stereocenters. The van der Waals surface area contributed by atoms with Crippen molar-refractivity contribution in [3.05, 3.63) is 0 Å². The van der Waals surface area contributed by atoms with Crippen LogP contribution in [0, 0.1) is 0 Å². The van der Waals surface area contributed by atoms with Crippen LogP contribution in [0.2, 0.25) is 0 Å². The molecule has 1 aliphatic heterocycles. The third-order valence-electron chi connectivity index (χ3n) is 3.96. The number of nitrogens with one attached hydrogen (secondary N) is 1. The molecule has 4 heteroatoms. The van der Waals surface area contributed by atoms with E-state index in [1.54, 1.807) is 0 Å². The van der Waals surface area contributed by atoms with Crippen molar-refractivity contribution < 1.29 is 9.90 Å². The summed E-state index contributed by atoms with van der Waals surface area (Å²) in [4.78, 5) is 14.4. The van der Waals surface area contributed by atoms with E-state index >= 15 is 0 Å². The Morgan fingerprint density at radius 2 is 2.06 bits per heavy atom. The fraction of sp³-hybridized carbons (Fsp3) is 0.923. The highest BCUT2D eigenvalue weighted by atomic mass is 16.3. The predicted molar refractivity (Wildman–Crippen MR) is 66.7 cm³/mol. The lowest BCUT2D eigenvalue weighted by atomic mass is 9.90. The Balaban J connectivity index is 1.90. The molecule has 2 fully saturated rings. The van der Waals surface area contributed by atoms with E-state index in [1.807, 2.05) is 4.90 Å². The van der Waals surface area contributed by atoms with Gasteiger partial charge in [-0.15, -0.1) is 0 Å². The lowest BCUT2D eigenvalue weighted by Gasteiger charge is -2.40. The average molecular weight is 240 g/mol. The summed E-state index contributed by atoms with van der Waals surface area (Å²) in [5, 5.41) is 12.3. The molecule has 1 saturated heterocycles. The van der Waals surface area contributed by atoms with Crippen LogP contribution in [-0.2, 0) is 4.79 Å². The van der Waals surface area contributed by atoms with Crippen molar-refractivity contribution >= 4 is 5.91 Å². The number of aliphatic hydroxyl groups excluding tert-OH is 1. The first-order chi connectivity index (χ1) is 8.33. The fourth-order valence-corrected chi connectivity index (χ4v) is 2.67. The molecule has 0 bridgehead atoms. The van der Waals surface area contributed by atoms with E-state index in [9.17, 15) is 4.79 Å². The second kappa shape index (κ2) is 6.36. The molecule has 4 nitrogen and oxygen atoms in total. The third-order valence-corrected chi connectivity index (χ3v) is 3.96. The molecule has 98 valence electrons. The number of aliphatic hydroxyl groups is 1. The highest BCUT2D eigenvalue weighted by Crippen LogP contribution is 2.26. The number of carbonyl (C=O) groups is 1. The normalized spacial score (nSPS) is 25.4. The van der Waals surface area contributed by atoms with Crippen LogP contribution in [0.15, 0.2) is 0 Å². The van der Waals surface area contributed by atoms with Crippen LogP contribution >= 0.6 is 0 Å². The highest BCUT2D eigenvalue weighted by molar-refractivity contribution is 5.82. The van der Waals surface area contributed by atoms with Crippen molar-refractivity contribution in [2.45, 2.75) is 57.0 Å². The van der Waals surface area contributed by atoms with Crippen LogP contribution in [0.4, 0.5) is 0 Å². The summed E-state index contributed by atoms with van der Waals surface area (Å²) in [7, 11) is 0. The summed E-state index contributed by atoms with van der Waals surface area (Å²) >= 11 is 0. The topological polar surface area (TPSA) is 52.6 Å². The zero-order chi connectivity index (χ0) is 12.1.